The first-order valence-corrected chi connectivity index (χ1v) is 11.2. The van der Waals surface area contributed by atoms with Crippen molar-refractivity contribution in [1.82, 2.24) is 9.88 Å². The van der Waals surface area contributed by atoms with Gasteiger partial charge in [-0.1, -0.05) is 36.4 Å². The number of rotatable bonds is 3. The number of anilines is 1. The summed E-state index contributed by atoms with van der Waals surface area (Å²) in [5, 5.41) is 1.95. The SMILES string of the molecule is Cc1cc2c(N3CCN(C)C(Cc4ccccc4)C3)c3ncccc3cc(=O)c2s1. The molecule has 0 spiro atoms. The van der Waals surface area contributed by atoms with E-state index in [-0.39, 0.29) is 5.43 Å². The molecule has 1 atom stereocenters. The lowest BCUT2D eigenvalue weighted by atomic mass is 10.0. The number of fused-ring (bicyclic) bond motifs is 2. The third-order valence-corrected chi connectivity index (χ3v) is 7.16. The van der Waals surface area contributed by atoms with Crippen molar-refractivity contribution in [2.45, 2.75) is 19.4 Å². The van der Waals surface area contributed by atoms with Crippen molar-refractivity contribution in [2.75, 3.05) is 31.6 Å². The zero-order valence-electron chi connectivity index (χ0n) is 17.3. The zero-order valence-corrected chi connectivity index (χ0v) is 18.2. The van der Waals surface area contributed by atoms with Crippen LogP contribution in [0.5, 0.6) is 0 Å². The van der Waals surface area contributed by atoms with E-state index >= 15 is 0 Å². The summed E-state index contributed by atoms with van der Waals surface area (Å²) in [6, 6.07) is 18.9. The standard InChI is InChI=1S/C25H25N3OS/c1-17-13-21-24(23-19(9-6-10-26-23)15-22(29)25(21)30-17)28-12-11-27(2)20(16-28)14-18-7-4-3-5-8-18/h3-10,13,15,20H,11-12,14,16H2,1-2H3. The van der Waals surface area contributed by atoms with Gasteiger partial charge in [-0.15, -0.1) is 11.3 Å². The fourth-order valence-corrected chi connectivity index (χ4v) is 5.44. The van der Waals surface area contributed by atoms with E-state index in [2.05, 4.69) is 60.2 Å². The normalized spacial score (nSPS) is 17.7. The highest BCUT2D eigenvalue weighted by Gasteiger charge is 2.27. The third-order valence-electron chi connectivity index (χ3n) is 6.09. The molecule has 30 heavy (non-hydrogen) atoms. The van der Waals surface area contributed by atoms with Crippen LogP contribution in [0.25, 0.3) is 21.0 Å². The molecule has 3 heterocycles. The van der Waals surface area contributed by atoms with Crippen molar-refractivity contribution < 1.29 is 0 Å². The Morgan fingerprint density at radius 1 is 1.10 bits per heavy atom. The van der Waals surface area contributed by atoms with E-state index in [4.69, 9.17) is 4.98 Å². The molecule has 4 nitrogen and oxygen atoms in total. The maximum atomic E-state index is 13.0. The summed E-state index contributed by atoms with van der Waals surface area (Å²) < 4.78 is 0.832. The van der Waals surface area contributed by atoms with Gasteiger partial charge < -0.3 is 4.90 Å². The van der Waals surface area contributed by atoms with Crippen LogP contribution in [0.4, 0.5) is 5.69 Å². The van der Waals surface area contributed by atoms with Crippen LogP contribution in [0.15, 0.2) is 65.6 Å². The minimum atomic E-state index is 0.0855. The van der Waals surface area contributed by atoms with E-state index in [9.17, 15) is 4.79 Å². The van der Waals surface area contributed by atoms with E-state index in [1.807, 2.05) is 18.3 Å². The largest absolute Gasteiger partial charge is 0.366 e. The molecule has 4 aromatic rings. The molecule has 0 radical (unpaired) electrons. The Labute approximate surface area is 180 Å². The molecule has 1 saturated heterocycles. The number of aromatic nitrogens is 1. The van der Waals surface area contributed by atoms with Crippen molar-refractivity contribution in [3.8, 4) is 0 Å². The van der Waals surface area contributed by atoms with Crippen molar-refractivity contribution in [1.29, 1.82) is 0 Å². The smallest absolute Gasteiger partial charge is 0.197 e. The Balaban J connectivity index is 1.64. The molecular formula is C25H25N3OS. The molecule has 0 bridgehead atoms. The minimum Gasteiger partial charge on any atom is -0.366 e. The molecule has 0 saturated carbocycles. The van der Waals surface area contributed by atoms with Gasteiger partial charge in [0.05, 0.1) is 15.9 Å². The van der Waals surface area contributed by atoms with Crippen molar-refractivity contribution in [3.63, 3.8) is 0 Å². The second kappa shape index (κ2) is 7.82. The van der Waals surface area contributed by atoms with E-state index in [0.29, 0.717) is 6.04 Å². The van der Waals surface area contributed by atoms with Gasteiger partial charge in [-0.3, -0.25) is 14.7 Å². The topological polar surface area (TPSA) is 36.4 Å². The highest BCUT2D eigenvalue weighted by molar-refractivity contribution is 7.19. The van der Waals surface area contributed by atoms with Gasteiger partial charge >= 0.3 is 0 Å². The monoisotopic (exact) mass is 415 g/mol. The average Bonchev–Trinajstić information content (AvgIpc) is 3.09. The predicted octanol–water partition coefficient (Wildman–Crippen LogP) is 4.48. The Morgan fingerprint density at radius 3 is 2.77 bits per heavy atom. The lowest BCUT2D eigenvalue weighted by Crippen LogP contribution is -2.52. The molecule has 5 rings (SSSR count). The average molecular weight is 416 g/mol. The summed E-state index contributed by atoms with van der Waals surface area (Å²) in [7, 11) is 2.21. The highest BCUT2D eigenvalue weighted by atomic mass is 32.1. The van der Waals surface area contributed by atoms with Crippen LogP contribution in [0.3, 0.4) is 0 Å². The molecule has 0 aliphatic carbocycles. The van der Waals surface area contributed by atoms with Crippen molar-refractivity contribution in [2.24, 2.45) is 0 Å². The van der Waals surface area contributed by atoms with E-state index in [0.717, 1.165) is 57.6 Å². The third kappa shape index (κ3) is 3.48. The summed E-state index contributed by atoms with van der Waals surface area (Å²) >= 11 is 1.59. The molecule has 5 heteroatoms. The number of thiophene rings is 1. The lowest BCUT2D eigenvalue weighted by Gasteiger charge is -2.41. The maximum absolute atomic E-state index is 13.0. The van der Waals surface area contributed by atoms with Gasteiger partial charge in [-0.2, -0.15) is 0 Å². The van der Waals surface area contributed by atoms with Gasteiger partial charge in [0.1, 0.15) is 0 Å². The van der Waals surface area contributed by atoms with Crippen molar-refractivity contribution in [3.05, 3.63) is 81.5 Å². The van der Waals surface area contributed by atoms with Crippen LogP contribution in [-0.4, -0.2) is 42.6 Å². The van der Waals surface area contributed by atoms with Crippen LogP contribution in [0.1, 0.15) is 10.4 Å². The Hall–Kier alpha value is -2.76. The molecule has 1 aliphatic rings. The van der Waals surface area contributed by atoms with Crippen LogP contribution in [0.2, 0.25) is 0 Å². The number of pyridine rings is 1. The molecule has 1 fully saturated rings. The van der Waals surface area contributed by atoms with Gasteiger partial charge in [-0.05, 0) is 44.2 Å². The first kappa shape index (κ1) is 19.2. The molecule has 2 aromatic heterocycles. The predicted molar refractivity (Wildman–Crippen MR) is 127 cm³/mol. The van der Waals surface area contributed by atoms with Crippen LogP contribution in [0, 0.1) is 6.92 Å². The first-order valence-electron chi connectivity index (χ1n) is 10.4. The number of aryl methyl sites for hydroxylation is 1. The first-order chi connectivity index (χ1) is 14.6. The molecular weight excluding hydrogens is 390 g/mol. The van der Waals surface area contributed by atoms with E-state index < -0.39 is 0 Å². The Bertz CT molecular complexity index is 1270. The second-order valence-corrected chi connectivity index (χ2v) is 9.42. The minimum absolute atomic E-state index is 0.0855. The van der Waals surface area contributed by atoms with E-state index in [1.54, 1.807) is 17.4 Å². The highest BCUT2D eigenvalue weighted by Crippen LogP contribution is 2.36. The summed E-state index contributed by atoms with van der Waals surface area (Å²) in [5.74, 6) is 0. The van der Waals surface area contributed by atoms with Gasteiger partial charge in [0, 0.05) is 47.5 Å². The van der Waals surface area contributed by atoms with Gasteiger partial charge in [0.2, 0.25) is 0 Å². The number of benzene rings is 1. The van der Waals surface area contributed by atoms with Crippen molar-refractivity contribution >= 4 is 38.0 Å². The van der Waals surface area contributed by atoms with E-state index in [1.165, 1.54) is 5.56 Å². The number of nitrogens with zero attached hydrogens (tertiary/aromatic N) is 3. The molecule has 2 aromatic carbocycles. The second-order valence-electron chi connectivity index (χ2n) is 8.17. The quantitative estimate of drug-likeness (QED) is 0.494. The molecule has 152 valence electrons. The Kier molecular flexibility index (Phi) is 5.01. The molecule has 0 amide bonds. The zero-order chi connectivity index (χ0) is 20.7. The number of hydrogen-bond donors (Lipinski definition) is 0. The molecule has 1 unspecified atom stereocenters. The number of likely N-dealkylation sites (N-methyl/N-ethyl adjacent to an activating group) is 1. The number of hydrogen-bond acceptors (Lipinski definition) is 5. The molecule has 0 N–H and O–H groups in total. The summed E-state index contributed by atoms with van der Waals surface area (Å²) in [6.45, 7) is 4.90. The number of piperazine rings is 1. The van der Waals surface area contributed by atoms with Crippen LogP contribution >= 0.6 is 11.3 Å². The lowest BCUT2D eigenvalue weighted by molar-refractivity contribution is 0.217. The summed E-state index contributed by atoms with van der Waals surface area (Å²) in [5.41, 5.74) is 3.47. The maximum Gasteiger partial charge on any atom is 0.197 e. The Morgan fingerprint density at radius 2 is 1.93 bits per heavy atom. The van der Waals surface area contributed by atoms with Gasteiger partial charge in [-0.25, -0.2) is 0 Å². The fourth-order valence-electron chi connectivity index (χ4n) is 4.52. The summed E-state index contributed by atoms with van der Waals surface area (Å²) in [4.78, 5) is 23.8. The molecule has 1 aliphatic heterocycles. The fraction of sp³-hybridized carbons (Fsp3) is 0.280. The summed E-state index contributed by atoms with van der Waals surface area (Å²) in [6.07, 6.45) is 2.84. The van der Waals surface area contributed by atoms with Gasteiger partial charge in [0.25, 0.3) is 0 Å². The van der Waals surface area contributed by atoms with Crippen LogP contribution < -0.4 is 10.3 Å². The van der Waals surface area contributed by atoms with Gasteiger partial charge in [0.15, 0.2) is 5.43 Å². The van der Waals surface area contributed by atoms with Crippen LogP contribution in [-0.2, 0) is 6.42 Å².